The molecule has 3 aromatic rings. The first-order valence-corrected chi connectivity index (χ1v) is 12.9. The maximum Gasteiger partial charge on any atom is 0.375 e. The Hall–Kier alpha value is -2.49. The zero-order chi connectivity index (χ0) is 22.5. The SMILES string of the molecule is COP(=O)(OC)C(OC(C)=O)c1ccccc1P(=O)(c1ccccc1)c1ccccc1. The summed E-state index contributed by atoms with van der Waals surface area (Å²) in [5.74, 6) is -2.04. The third-order valence-corrected chi connectivity index (χ3v) is 9.97. The van der Waals surface area contributed by atoms with Gasteiger partial charge in [-0.05, 0) is 0 Å². The number of hydrogen-bond acceptors (Lipinski definition) is 6. The molecule has 1 atom stereocenters. The van der Waals surface area contributed by atoms with E-state index in [4.69, 9.17) is 13.8 Å². The molecule has 0 heterocycles. The average molecular weight is 458 g/mol. The van der Waals surface area contributed by atoms with Crippen molar-refractivity contribution in [2.45, 2.75) is 12.8 Å². The summed E-state index contributed by atoms with van der Waals surface area (Å²) in [6.45, 7) is 1.21. The zero-order valence-corrected chi connectivity index (χ0v) is 19.3. The largest absolute Gasteiger partial charge is 0.445 e. The molecule has 3 rings (SSSR count). The lowest BCUT2D eigenvalue weighted by Gasteiger charge is -2.28. The van der Waals surface area contributed by atoms with Gasteiger partial charge in [-0.2, -0.15) is 0 Å². The van der Waals surface area contributed by atoms with Crippen molar-refractivity contribution >= 4 is 36.6 Å². The van der Waals surface area contributed by atoms with Crippen LogP contribution in [-0.2, 0) is 27.7 Å². The highest BCUT2D eigenvalue weighted by molar-refractivity contribution is 7.85. The zero-order valence-electron chi connectivity index (χ0n) is 17.5. The lowest BCUT2D eigenvalue weighted by molar-refractivity contribution is -0.143. The molecule has 0 aliphatic rings. The predicted molar refractivity (Wildman–Crippen MR) is 122 cm³/mol. The average Bonchev–Trinajstić information content (AvgIpc) is 2.82. The Bertz CT molecular complexity index is 1080. The minimum atomic E-state index is -3.91. The molecule has 0 saturated carbocycles. The molecule has 0 amide bonds. The topological polar surface area (TPSA) is 78.9 Å². The highest BCUT2D eigenvalue weighted by Gasteiger charge is 2.43. The summed E-state index contributed by atoms with van der Waals surface area (Å²) in [5.41, 5.74) is 0.306. The Labute approximate surface area is 182 Å². The minimum Gasteiger partial charge on any atom is -0.445 e. The van der Waals surface area contributed by atoms with Crippen molar-refractivity contribution in [3.05, 3.63) is 90.5 Å². The van der Waals surface area contributed by atoms with Gasteiger partial charge in [0.2, 0.25) is 5.85 Å². The van der Waals surface area contributed by atoms with Crippen LogP contribution in [0.4, 0.5) is 0 Å². The first kappa shape index (κ1) is 23.2. The molecule has 0 radical (unpaired) electrons. The van der Waals surface area contributed by atoms with Gasteiger partial charge in [0.15, 0.2) is 7.14 Å². The van der Waals surface area contributed by atoms with Crippen molar-refractivity contribution in [3.63, 3.8) is 0 Å². The Balaban J connectivity index is 2.34. The first-order chi connectivity index (χ1) is 14.9. The smallest absolute Gasteiger partial charge is 0.375 e. The minimum absolute atomic E-state index is 0.306. The molecule has 0 spiro atoms. The van der Waals surface area contributed by atoms with Gasteiger partial charge in [-0.1, -0.05) is 84.9 Å². The normalized spacial score (nSPS) is 12.9. The number of rotatable bonds is 8. The summed E-state index contributed by atoms with van der Waals surface area (Å²) in [5, 5.41) is 1.59. The fourth-order valence-corrected chi connectivity index (χ4v) is 7.77. The summed E-state index contributed by atoms with van der Waals surface area (Å²) >= 11 is 0. The summed E-state index contributed by atoms with van der Waals surface area (Å²) < 4.78 is 43.9. The molecule has 0 aromatic heterocycles. The molecule has 0 fully saturated rings. The molecule has 3 aromatic carbocycles. The van der Waals surface area contributed by atoms with E-state index in [0.717, 1.165) is 0 Å². The van der Waals surface area contributed by atoms with Crippen molar-refractivity contribution in [2.75, 3.05) is 14.2 Å². The summed E-state index contributed by atoms with van der Waals surface area (Å²) in [6.07, 6.45) is 0. The summed E-state index contributed by atoms with van der Waals surface area (Å²) in [6, 6.07) is 24.9. The lowest BCUT2D eigenvalue weighted by Crippen LogP contribution is -2.29. The van der Waals surface area contributed by atoms with Gasteiger partial charge in [0, 0.05) is 42.6 Å². The van der Waals surface area contributed by atoms with Crippen LogP contribution in [0.1, 0.15) is 18.3 Å². The van der Waals surface area contributed by atoms with Crippen LogP contribution >= 0.6 is 14.7 Å². The van der Waals surface area contributed by atoms with Crippen LogP contribution in [0, 0.1) is 0 Å². The van der Waals surface area contributed by atoms with E-state index in [-0.39, 0.29) is 0 Å². The Morgan fingerprint density at radius 1 is 0.742 bits per heavy atom. The molecule has 0 saturated heterocycles. The molecule has 6 nitrogen and oxygen atoms in total. The third kappa shape index (κ3) is 4.58. The van der Waals surface area contributed by atoms with Crippen molar-refractivity contribution in [1.29, 1.82) is 0 Å². The second-order valence-corrected chi connectivity index (χ2v) is 11.7. The Kier molecular flexibility index (Phi) is 7.30. The number of carbonyl (C=O) groups is 1. The highest BCUT2D eigenvalue weighted by atomic mass is 31.2. The van der Waals surface area contributed by atoms with Gasteiger partial charge in [0.1, 0.15) is 0 Å². The molecule has 0 bridgehead atoms. The van der Waals surface area contributed by atoms with Gasteiger partial charge in [0.05, 0.1) is 0 Å². The summed E-state index contributed by atoms with van der Waals surface area (Å²) in [7, 11) is -4.90. The Morgan fingerprint density at radius 3 is 1.65 bits per heavy atom. The van der Waals surface area contributed by atoms with E-state index in [1.807, 2.05) is 36.4 Å². The fraction of sp³-hybridized carbons (Fsp3) is 0.174. The third-order valence-electron chi connectivity index (χ3n) is 4.86. The Morgan fingerprint density at radius 2 is 1.19 bits per heavy atom. The maximum absolute atomic E-state index is 14.8. The van der Waals surface area contributed by atoms with Crippen molar-refractivity contribution in [1.82, 2.24) is 0 Å². The van der Waals surface area contributed by atoms with Crippen LogP contribution < -0.4 is 15.9 Å². The van der Waals surface area contributed by atoms with Crippen LogP contribution in [0.5, 0.6) is 0 Å². The van der Waals surface area contributed by atoms with Crippen LogP contribution in [0.2, 0.25) is 0 Å². The molecule has 31 heavy (non-hydrogen) atoms. The number of hydrogen-bond donors (Lipinski definition) is 0. The van der Waals surface area contributed by atoms with Crippen LogP contribution in [0.3, 0.4) is 0 Å². The van der Waals surface area contributed by atoms with Gasteiger partial charge in [-0.3, -0.25) is 9.36 Å². The lowest BCUT2D eigenvalue weighted by atomic mass is 10.2. The molecule has 0 aliphatic heterocycles. The monoisotopic (exact) mass is 458 g/mol. The number of esters is 1. The molecule has 1 unspecified atom stereocenters. The molecule has 8 heteroatoms. The second kappa shape index (κ2) is 9.76. The van der Waals surface area contributed by atoms with Gasteiger partial charge in [-0.25, -0.2) is 0 Å². The van der Waals surface area contributed by atoms with Gasteiger partial charge >= 0.3 is 13.6 Å². The molecule has 0 N–H and O–H groups in total. The molecule has 0 aliphatic carbocycles. The van der Waals surface area contributed by atoms with Crippen LogP contribution in [0.15, 0.2) is 84.9 Å². The van der Waals surface area contributed by atoms with Gasteiger partial charge in [0.25, 0.3) is 0 Å². The van der Waals surface area contributed by atoms with E-state index in [1.54, 1.807) is 48.5 Å². The van der Waals surface area contributed by atoms with E-state index in [2.05, 4.69) is 0 Å². The number of benzene rings is 3. The van der Waals surface area contributed by atoms with Crippen molar-refractivity contribution < 1.29 is 27.7 Å². The van der Waals surface area contributed by atoms with Gasteiger partial charge < -0.3 is 18.3 Å². The standard InChI is InChI=1S/C23H24O6P2/c1-18(24)29-23(31(26,27-2)28-3)21-16-10-11-17-22(21)30(25,19-12-6-4-7-13-19)20-14-8-5-9-15-20/h4-17,23H,1-3H3. The van der Waals surface area contributed by atoms with Crippen molar-refractivity contribution in [3.8, 4) is 0 Å². The molecule has 162 valence electrons. The van der Waals surface area contributed by atoms with E-state index in [9.17, 15) is 13.9 Å². The quantitative estimate of drug-likeness (QED) is 0.368. The molecular formula is C23H24O6P2. The van der Waals surface area contributed by atoms with Gasteiger partial charge in [-0.15, -0.1) is 0 Å². The van der Waals surface area contributed by atoms with E-state index in [1.165, 1.54) is 21.1 Å². The van der Waals surface area contributed by atoms with E-state index >= 15 is 0 Å². The maximum atomic E-state index is 14.8. The molecular weight excluding hydrogens is 434 g/mol. The van der Waals surface area contributed by atoms with Crippen molar-refractivity contribution in [2.24, 2.45) is 0 Å². The van der Waals surface area contributed by atoms with E-state index < -0.39 is 26.6 Å². The first-order valence-electron chi connectivity index (χ1n) is 9.56. The van der Waals surface area contributed by atoms with Crippen LogP contribution in [0.25, 0.3) is 0 Å². The summed E-state index contributed by atoms with van der Waals surface area (Å²) in [4.78, 5) is 11.9. The number of carbonyl (C=O) groups excluding carboxylic acids is 1. The highest BCUT2D eigenvalue weighted by Crippen LogP contribution is 2.61. The fourth-order valence-electron chi connectivity index (χ4n) is 3.41. The van der Waals surface area contributed by atoms with E-state index in [0.29, 0.717) is 21.5 Å². The number of ether oxygens (including phenoxy) is 1. The van der Waals surface area contributed by atoms with Crippen LogP contribution in [-0.4, -0.2) is 20.2 Å². The second-order valence-electron chi connectivity index (χ2n) is 6.71. The predicted octanol–water partition coefficient (Wildman–Crippen LogP) is 4.37.